The number of hydrogen-bond donors (Lipinski definition) is 0. The summed E-state index contributed by atoms with van der Waals surface area (Å²) in [4.78, 5) is 19.0. The molecule has 5 nitrogen and oxygen atoms in total. The zero-order valence-corrected chi connectivity index (χ0v) is 17.7. The predicted octanol–water partition coefficient (Wildman–Crippen LogP) is 5.54. The number of nitrogens with zero attached hydrogens (tertiary/aromatic N) is 3. The Labute approximate surface area is 192 Å². The number of fused-ring (bicyclic) bond motifs is 1. The normalized spacial score (nSPS) is 16.2. The highest BCUT2D eigenvalue weighted by molar-refractivity contribution is 6.11. The number of hydrogen-bond acceptors (Lipinski definition) is 4. The number of amides is 1. The molecule has 0 radical (unpaired) electrons. The first kappa shape index (κ1) is 21.9. The van der Waals surface area contributed by atoms with Crippen molar-refractivity contribution >= 4 is 11.6 Å². The number of nitriles is 1. The van der Waals surface area contributed by atoms with Crippen molar-refractivity contribution in [3.05, 3.63) is 77.2 Å². The van der Waals surface area contributed by atoms with Gasteiger partial charge in [0.15, 0.2) is 6.61 Å². The summed E-state index contributed by atoms with van der Waals surface area (Å²) in [5.41, 5.74) is 2.37. The molecule has 0 atom stereocenters. The van der Waals surface area contributed by atoms with E-state index in [-0.39, 0.29) is 29.5 Å². The van der Waals surface area contributed by atoms with Crippen molar-refractivity contribution in [2.24, 2.45) is 0 Å². The second kappa shape index (κ2) is 7.83. The Morgan fingerprint density at radius 3 is 2.47 bits per heavy atom. The van der Waals surface area contributed by atoms with Crippen molar-refractivity contribution in [3.63, 3.8) is 0 Å². The number of carbonyl (C=O) groups is 1. The highest BCUT2D eigenvalue weighted by atomic mass is 19.4. The van der Waals surface area contributed by atoms with Crippen LogP contribution in [0, 0.1) is 17.1 Å². The van der Waals surface area contributed by atoms with Crippen LogP contribution >= 0.6 is 0 Å². The summed E-state index contributed by atoms with van der Waals surface area (Å²) in [5, 5.41) is 9.39. The van der Waals surface area contributed by atoms with Crippen LogP contribution in [0.4, 0.5) is 23.2 Å². The molecule has 2 aliphatic rings. The number of carbonyl (C=O) groups excluding carboxylic acids is 1. The Hall–Kier alpha value is -3.93. The van der Waals surface area contributed by atoms with Gasteiger partial charge in [-0.2, -0.15) is 18.4 Å². The molecular weight excluding hydrogens is 450 g/mol. The third kappa shape index (κ3) is 3.85. The van der Waals surface area contributed by atoms with Gasteiger partial charge in [0.05, 0.1) is 23.7 Å². The topological polar surface area (TPSA) is 66.2 Å². The molecule has 172 valence electrons. The minimum atomic E-state index is -4.60. The van der Waals surface area contributed by atoms with Gasteiger partial charge < -0.3 is 9.64 Å². The SMILES string of the molecule is N#CC1(c2ccc(N3Cc4c(ccnc4-c4ccc(F)cc4OCC(F)(F)F)C3=O)cc2)CC1. The molecule has 2 heterocycles. The van der Waals surface area contributed by atoms with E-state index in [2.05, 4.69) is 11.1 Å². The lowest BCUT2D eigenvalue weighted by molar-refractivity contribution is -0.153. The molecule has 2 aromatic carbocycles. The maximum Gasteiger partial charge on any atom is 0.422 e. The molecule has 1 aromatic heterocycles. The minimum absolute atomic E-state index is 0.135. The second-order valence-electron chi connectivity index (χ2n) is 8.36. The summed E-state index contributed by atoms with van der Waals surface area (Å²) < 4.78 is 56.8. The average Bonchev–Trinajstić information content (AvgIpc) is 3.55. The molecule has 1 aliphatic carbocycles. The molecular formula is C25H17F4N3O2. The molecule has 0 N–H and O–H groups in total. The Balaban J connectivity index is 1.48. The van der Waals surface area contributed by atoms with Gasteiger partial charge >= 0.3 is 6.18 Å². The van der Waals surface area contributed by atoms with Gasteiger partial charge in [-0.05, 0) is 48.7 Å². The van der Waals surface area contributed by atoms with Crippen LogP contribution in [0.25, 0.3) is 11.3 Å². The maximum atomic E-state index is 13.8. The molecule has 1 saturated carbocycles. The van der Waals surface area contributed by atoms with Crippen molar-refractivity contribution in [1.82, 2.24) is 4.98 Å². The van der Waals surface area contributed by atoms with Crippen LogP contribution in [-0.4, -0.2) is 23.7 Å². The molecule has 0 unspecified atom stereocenters. The van der Waals surface area contributed by atoms with Gasteiger partial charge in [-0.1, -0.05) is 12.1 Å². The van der Waals surface area contributed by atoms with E-state index in [1.807, 2.05) is 12.1 Å². The molecule has 1 fully saturated rings. The van der Waals surface area contributed by atoms with Crippen LogP contribution in [0.5, 0.6) is 5.75 Å². The Morgan fingerprint density at radius 2 is 1.82 bits per heavy atom. The van der Waals surface area contributed by atoms with E-state index >= 15 is 0 Å². The van der Waals surface area contributed by atoms with Gasteiger partial charge in [-0.15, -0.1) is 0 Å². The first-order chi connectivity index (χ1) is 16.2. The van der Waals surface area contributed by atoms with E-state index in [9.17, 15) is 27.6 Å². The summed E-state index contributed by atoms with van der Waals surface area (Å²) in [7, 11) is 0. The zero-order valence-electron chi connectivity index (χ0n) is 17.7. The molecule has 0 spiro atoms. The smallest absolute Gasteiger partial charge is 0.422 e. The van der Waals surface area contributed by atoms with Crippen LogP contribution in [0.15, 0.2) is 54.7 Å². The van der Waals surface area contributed by atoms with Crippen LogP contribution < -0.4 is 9.64 Å². The van der Waals surface area contributed by atoms with Crippen LogP contribution in [0.3, 0.4) is 0 Å². The number of alkyl halides is 3. The van der Waals surface area contributed by atoms with E-state index in [1.54, 1.807) is 18.2 Å². The van der Waals surface area contributed by atoms with Crippen molar-refractivity contribution in [1.29, 1.82) is 5.26 Å². The van der Waals surface area contributed by atoms with E-state index in [4.69, 9.17) is 4.74 Å². The number of benzene rings is 2. The molecule has 5 rings (SSSR count). The summed E-state index contributed by atoms with van der Waals surface area (Å²) in [6, 6.07) is 14.4. The van der Waals surface area contributed by atoms with E-state index in [1.165, 1.54) is 17.2 Å². The first-order valence-corrected chi connectivity index (χ1v) is 10.5. The third-order valence-corrected chi connectivity index (χ3v) is 6.13. The third-order valence-electron chi connectivity index (χ3n) is 6.13. The largest absolute Gasteiger partial charge is 0.483 e. The lowest BCUT2D eigenvalue weighted by Gasteiger charge is -2.17. The fraction of sp³-hybridized carbons (Fsp3) is 0.240. The van der Waals surface area contributed by atoms with Gasteiger partial charge in [-0.3, -0.25) is 9.78 Å². The van der Waals surface area contributed by atoms with Crippen LogP contribution in [0.2, 0.25) is 0 Å². The number of rotatable bonds is 5. The van der Waals surface area contributed by atoms with Crippen LogP contribution in [0.1, 0.15) is 34.3 Å². The summed E-state index contributed by atoms with van der Waals surface area (Å²) in [5.74, 6) is -1.34. The highest BCUT2D eigenvalue weighted by Gasteiger charge is 2.45. The quantitative estimate of drug-likeness (QED) is 0.462. The monoisotopic (exact) mass is 467 g/mol. The lowest BCUT2D eigenvalue weighted by Crippen LogP contribution is -2.23. The molecule has 0 saturated heterocycles. The van der Waals surface area contributed by atoms with Gasteiger partial charge in [0.25, 0.3) is 5.91 Å². The lowest BCUT2D eigenvalue weighted by atomic mass is 9.97. The highest BCUT2D eigenvalue weighted by Crippen LogP contribution is 2.48. The first-order valence-electron chi connectivity index (χ1n) is 10.5. The molecule has 3 aromatic rings. The maximum absolute atomic E-state index is 13.8. The average molecular weight is 467 g/mol. The molecule has 34 heavy (non-hydrogen) atoms. The standard InChI is InChI=1S/C25H17F4N3O2/c26-16-3-6-19(21(11-16)34-14-25(27,28)29)22-20-12-32(23(33)18(20)7-10-31-22)17-4-1-15(2-5-17)24(13-30)8-9-24/h1-7,10-11H,8-9,12,14H2. The van der Waals surface area contributed by atoms with Crippen molar-refractivity contribution in [2.45, 2.75) is 31.0 Å². The Morgan fingerprint density at radius 1 is 1.09 bits per heavy atom. The molecule has 1 amide bonds. The van der Waals surface area contributed by atoms with Crippen molar-refractivity contribution in [3.8, 4) is 23.1 Å². The zero-order chi connectivity index (χ0) is 24.1. The Bertz CT molecular complexity index is 1330. The Kier molecular flexibility index (Phi) is 5.04. The van der Waals surface area contributed by atoms with Gasteiger partial charge in [0, 0.05) is 34.6 Å². The molecule has 0 bridgehead atoms. The van der Waals surface area contributed by atoms with Gasteiger partial charge in [-0.25, -0.2) is 4.39 Å². The number of aromatic nitrogens is 1. The van der Waals surface area contributed by atoms with Gasteiger partial charge in [0.2, 0.25) is 0 Å². The molecule has 1 aliphatic heterocycles. The van der Waals surface area contributed by atoms with Crippen LogP contribution in [-0.2, 0) is 12.0 Å². The van der Waals surface area contributed by atoms with Crippen molar-refractivity contribution < 1.29 is 27.1 Å². The van der Waals surface area contributed by atoms with E-state index < -0.39 is 24.0 Å². The number of ether oxygens (including phenoxy) is 1. The summed E-state index contributed by atoms with van der Waals surface area (Å²) in [6.07, 6.45) is -1.59. The number of halogens is 4. The minimum Gasteiger partial charge on any atom is -0.483 e. The molecule has 9 heteroatoms. The summed E-state index contributed by atoms with van der Waals surface area (Å²) >= 11 is 0. The second-order valence-corrected chi connectivity index (χ2v) is 8.36. The van der Waals surface area contributed by atoms with E-state index in [0.717, 1.165) is 30.5 Å². The fourth-order valence-electron chi connectivity index (χ4n) is 4.19. The van der Waals surface area contributed by atoms with Crippen molar-refractivity contribution in [2.75, 3.05) is 11.5 Å². The number of anilines is 1. The summed E-state index contributed by atoms with van der Waals surface area (Å²) in [6.45, 7) is -1.45. The van der Waals surface area contributed by atoms with E-state index in [0.29, 0.717) is 16.8 Å². The predicted molar refractivity (Wildman–Crippen MR) is 115 cm³/mol. The number of pyridine rings is 1. The fourth-order valence-corrected chi connectivity index (χ4v) is 4.19. The van der Waals surface area contributed by atoms with Gasteiger partial charge in [0.1, 0.15) is 11.6 Å².